The highest BCUT2D eigenvalue weighted by molar-refractivity contribution is 5.42. The second-order valence-electron chi connectivity index (χ2n) is 5.38. The molecule has 0 atom stereocenters. The van der Waals surface area contributed by atoms with Crippen molar-refractivity contribution in [3.8, 4) is 11.5 Å². The van der Waals surface area contributed by atoms with Crippen LogP contribution in [-0.4, -0.2) is 43.9 Å². The third kappa shape index (κ3) is 3.61. The highest BCUT2D eigenvalue weighted by atomic mass is 16.5. The minimum atomic E-state index is -0.0699. The fourth-order valence-electron chi connectivity index (χ4n) is 2.65. The van der Waals surface area contributed by atoms with E-state index in [-0.39, 0.29) is 6.10 Å². The van der Waals surface area contributed by atoms with Crippen LogP contribution in [0.3, 0.4) is 0 Å². The lowest BCUT2D eigenvalue weighted by atomic mass is 9.82. The number of aliphatic hydroxyl groups excluding tert-OH is 1. The molecular weight excluding hydrogens is 242 g/mol. The average Bonchev–Trinajstić information content (AvgIpc) is 2.36. The van der Waals surface area contributed by atoms with Crippen molar-refractivity contribution in [1.29, 1.82) is 0 Å². The summed E-state index contributed by atoms with van der Waals surface area (Å²) in [5.41, 5.74) is 1.21. The van der Waals surface area contributed by atoms with Gasteiger partial charge in [-0.1, -0.05) is 6.07 Å². The first kappa shape index (κ1) is 14.2. The van der Waals surface area contributed by atoms with Gasteiger partial charge < -0.3 is 19.5 Å². The molecule has 4 nitrogen and oxygen atoms in total. The van der Waals surface area contributed by atoms with Gasteiger partial charge in [-0.05, 0) is 43.5 Å². The van der Waals surface area contributed by atoms with Crippen LogP contribution < -0.4 is 9.47 Å². The summed E-state index contributed by atoms with van der Waals surface area (Å²) in [5.74, 6) is 2.17. The molecule has 4 heteroatoms. The summed E-state index contributed by atoms with van der Waals surface area (Å²) in [7, 11) is 5.41. The van der Waals surface area contributed by atoms with Gasteiger partial charge in [0.25, 0.3) is 0 Å². The van der Waals surface area contributed by atoms with Gasteiger partial charge in [0, 0.05) is 13.1 Å². The molecule has 1 saturated carbocycles. The molecule has 0 saturated heterocycles. The van der Waals surface area contributed by atoms with Gasteiger partial charge >= 0.3 is 0 Å². The zero-order valence-corrected chi connectivity index (χ0v) is 11.9. The Kier molecular flexibility index (Phi) is 4.66. The summed E-state index contributed by atoms with van der Waals surface area (Å²) in [6, 6.07) is 6.02. The monoisotopic (exact) mass is 265 g/mol. The number of aliphatic hydroxyl groups is 1. The molecule has 2 rings (SSSR count). The molecule has 1 aliphatic carbocycles. The maximum Gasteiger partial charge on any atom is 0.161 e. The summed E-state index contributed by atoms with van der Waals surface area (Å²) in [5, 5.41) is 9.30. The zero-order valence-electron chi connectivity index (χ0n) is 11.9. The van der Waals surface area contributed by atoms with Crippen LogP contribution in [0.25, 0.3) is 0 Å². The van der Waals surface area contributed by atoms with Gasteiger partial charge in [0.1, 0.15) is 0 Å². The van der Waals surface area contributed by atoms with Crippen molar-refractivity contribution < 1.29 is 14.6 Å². The predicted octanol–water partition coefficient (Wildman–Crippen LogP) is 1.91. The second kappa shape index (κ2) is 6.26. The molecule has 106 valence electrons. The van der Waals surface area contributed by atoms with Crippen LogP contribution in [0, 0.1) is 5.92 Å². The van der Waals surface area contributed by atoms with E-state index in [0.29, 0.717) is 5.92 Å². The van der Waals surface area contributed by atoms with Crippen molar-refractivity contribution in [2.24, 2.45) is 5.92 Å². The van der Waals surface area contributed by atoms with E-state index >= 15 is 0 Å². The summed E-state index contributed by atoms with van der Waals surface area (Å²) in [6.45, 7) is 1.92. The minimum Gasteiger partial charge on any atom is -0.493 e. The Labute approximate surface area is 114 Å². The topological polar surface area (TPSA) is 41.9 Å². The number of benzene rings is 1. The molecule has 0 spiro atoms. The molecule has 1 fully saturated rings. The summed E-state index contributed by atoms with van der Waals surface area (Å²) < 4.78 is 10.5. The Balaban J connectivity index is 1.91. The fraction of sp³-hybridized carbons (Fsp3) is 0.600. The average molecular weight is 265 g/mol. The second-order valence-corrected chi connectivity index (χ2v) is 5.38. The number of rotatable bonds is 6. The number of methoxy groups -OCH3 is 2. The van der Waals surface area contributed by atoms with Gasteiger partial charge in [0.2, 0.25) is 0 Å². The minimum absolute atomic E-state index is 0.0699. The smallest absolute Gasteiger partial charge is 0.161 e. The normalized spacial score (nSPS) is 22.2. The highest BCUT2D eigenvalue weighted by Crippen LogP contribution is 2.30. The lowest BCUT2D eigenvalue weighted by Crippen LogP contribution is -2.36. The Bertz CT molecular complexity index is 416. The quantitative estimate of drug-likeness (QED) is 0.853. The zero-order chi connectivity index (χ0) is 13.8. The molecule has 1 aliphatic rings. The van der Waals surface area contributed by atoms with Crippen molar-refractivity contribution in [3.63, 3.8) is 0 Å². The van der Waals surface area contributed by atoms with E-state index in [4.69, 9.17) is 9.47 Å². The van der Waals surface area contributed by atoms with Gasteiger partial charge in [0.05, 0.1) is 20.3 Å². The molecule has 1 aromatic carbocycles. The van der Waals surface area contributed by atoms with Crippen LogP contribution in [-0.2, 0) is 6.54 Å². The first-order valence-corrected chi connectivity index (χ1v) is 6.70. The van der Waals surface area contributed by atoms with Crippen LogP contribution in [0.5, 0.6) is 11.5 Å². The molecule has 0 bridgehead atoms. The first-order valence-electron chi connectivity index (χ1n) is 6.70. The van der Waals surface area contributed by atoms with Crippen molar-refractivity contribution in [3.05, 3.63) is 23.8 Å². The molecular formula is C15H23NO3. The van der Waals surface area contributed by atoms with Crippen molar-refractivity contribution in [1.82, 2.24) is 4.90 Å². The van der Waals surface area contributed by atoms with Crippen LogP contribution in [0.2, 0.25) is 0 Å². The van der Waals surface area contributed by atoms with Gasteiger partial charge in [0.15, 0.2) is 11.5 Å². The molecule has 0 amide bonds. The lowest BCUT2D eigenvalue weighted by Gasteiger charge is -2.34. The van der Waals surface area contributed by atoms with Crippen LogP contribution in [0.1, 0.15) is 18.4 Å². The largest absolute Gasteiger partial charge is 0.493 e. The number of nitrogens with zero attached hydrogens (tertiary/aromatic N) is 1. The lowest BCUT2D eigenvalue weighted by molar-refractivity contribution is 0.0274. The van der Waals surface area contributed by atoms with Gasteiger partial charge in [-0.25, -0.2) is 0 Å². The fourth-order valence-corrected chi connectivity index (χ4v) is 2.65. The Morgan fingerprint density at radius 3 is 2.47 bits per heavy atom. The van der Waals surface area contributed by atoms with Crippen molar-refractivity contribution in [2.75, 3.05) is 27.8 Å². The van der Waals surface area contributed by atoms with E-state index in [9.17, 15) is 5.11 Å². The van der Waals surface area contributed by atoms with E-state index in [0.717, 1.165) is 37.4 Å². The Morgan fingerprint density at radius 2 is 1.89 bits per heavy atom. The molecule has 1 N–H and O–H groups in total. The Hall–Kier alpha value is -1.26. The maximum atomic E-state index is 9.30. The molecule has 1 aromatic rings. The van der Waals surface area contributed by atoms with E-state index < -0.39 is 0 Å². The number of hydrogen-bond acceptors (Lipinski definition) is 4. The number of ether oxygens (including phenoxy) is 2. The molecule has 0 radical (unpaired) electrons. The molecule has 0 aliphatic heterocycles. The van der Waals surface area contributed by atoms with Crippen molar-refractivity contribution in [2.45, 2.75) is 25.5 Å². The number of hydrogen-bond donors (Lipinski definition) is 1. The molecule has 0 heterocycles. The SMILES string of the molecule is COc1ccc(CN(C)CC2CC(O)C2)cc1OC. The third-order valence-electron chi connectivity index (χ3n) is 3.68. The highest BCUT2D eigenvalue weighted by Gasteiger charge is 2.27. The van der Waals surface area contributed by atoms with E-state index in [1.54, 1.807) is 14.2 Å². The molecule has 19 heavy (non-hydrogen) atoms. The van der Waals surface area contributed by atoms with E-state index in [1.807, 2.05) is 12.1 Å². The summed E-state index contributed by atoms with van der Waals surface area (Å²) >= 11 is 0. The van der Waals surface area contributed by atoms with Crippen LogP contribution >= 0.6 is 0 Å². The third-order valence-corrected chi connectivity index (χ3v) is 3.68. The van der Waals surface area contributed by atoms with Crippen LogP contribution in [0.15, 0.2) is 18.2 Å². The summed E-state index contributed by atoms with van der Waals surface area (Å²) in [6.07, 6.45) is 1.81. The predicted molar refractivity (Wildman–Crippen MR) is 74.6 cm³/mol. The Morgan fingerprint density at radius 1 is 1.21 bits per heavy atom. The molecule has 0 unspecified atom stereocenters. The maximum absolute atomic E-state index is 9.30. The van der Waals surface area contributed by atoms with Gasteiger partial charge in [-0.2, -0.15) is 0 Å². The summed E-state index contributed by atoms with van der Waals surface area (Å²) in [4.78, 5) is 2.29. The van der Waals surface area contributed by atoms with E-state index in [1.165, 1.54) is 5.56 Å². The first-order chi connectivity index (χ1) is 9.12. The van der Waals surface area contributed by atoms with Crippen LogP contribution in [0.4, 0.5) is 0 Å². The van der Waals surface area contributed by atoms with E-state index in [2.05, 4.69) is 18.0 Å². The van der Waals surface area contributed by atoms with Gasteiger partial charge in [-0.15, -0.1) is 0 Å². The van der Waals surface area contributed by atoms with Crippen molar-refractivity contribution >= 4 is 0 Å². The van der Waals surface area contributed by atoms with Gasteiger partial charge in [-0.3, -0.25) is 0 Å². The molecule has 0 aromatic heterocycles. The standard InChI is InChI=1S/C15H23NO3/c1-16(10-12-6-13(17)7-12)9-11-4-5-14(18-2)15(8-11)19-3/h4-5,8,12-13,17H,6-7,9-10H2,1-3H3.